The van der Waals surface area contributed by atoms with Crippen LogP contribution >= 0.6 is 0 Å². The average Bonchev–Trinajstić information content (AvgIpc) is 3.24. The molecular weight excluding hydrogens is 292 g/mol. The van der Waals surface area contributed by atoms with E-state index in [9.17, 15) is 8.42 Å². The van der Waals surface area contributed by atoms with Crippen molar-refractivity contribution in [3.63, 3.8) is 0 Å². The second-order valence-electron chi connectivity index (χ2n) is 5.47. The van der Waals surface area contributed by atoms with Crippen LogP contribution in [0.3, 0.4) is 0 Å². The standard InChI is InChI=1S/C14H22N2O4S/c1-19-8-7-14(5-6-14)10-16-21(17,18)11-3-4-12(15)13(9-11)20-2/h3-4,9,16H,5-8,10,15H2,1-2H3. The SMILES string of the molecule is COCCC1(CNS(=O)(=O)c2ccc(N)c(OC)c2)CC1. The third kappa shape index (κ3) is 3.87. The highest BCUT2D eigenvalue weighted by Gasteiger charge is 2.42. The Kier molecular flexibility index (Phi) is 4.75. The Bertz CT molecular complexity index is 597. The second kappa shape index (κ2) is 6.21. The van der Waals surface area contributed by atoms with Crippen molar-refractivity contribution in [1.82, 2.24) is 4.72 Å². The first kappa shape index (κ1) is 16.1. The van der Waals surface area contributed by atoms with E-state index in [2.05, 4.69) is 4.72 Å². The topological polar surface area (TPSA) is 90.7 Å². The minimum Gasteiger partial charge on any atom is -0.495 e. The summed E-state index contributed by atoms with van der Waals surface area (Å²) in [6.45, 7) is 1.09. The van der Waals surface area contributed by atoms with Gasteiger partial charge >= 0.3 is 0 Å². The minimum absolute atomic E-state index is 0.0565. The maximum absolute atomic E-state index is 12.3. The molecule has 0 radical (unpaired) electrons. The quantitative estimate of drug-likeness (QED) is 0.707. The summed E-state index contributed by atoms with van der Waals surface area (Å²) in [6, 6.07) is 4.45. The van der Waals surface area contributed by atoms with Crippen LogP contribution in [0.4, 0.5) is 5.69 Å². The Morgan fingerprint density at radius 2 is 2.05 bits per heavy atom. The Morgan fingerprint density at radius 1 is 1.33 bits per heavy atom. The van der Waals surface area contributed by atoms with Crippen molar-refractivity contribution in [3.8, 4) is 5.75 Å². The van der Waals surface area contributed by atoms with Crippen molar-refractivity contribution in [3.05, 3.63) is 18.2 Å². The van der Waals surface area contributed by atoms with Crippen LogP contribution in [-0.4, -0.2) is 35.8 Å². The van der Waals surface area contributed by atoms with Gasteiger partial charge in [-0.05, 0) is 36.8 Å². The molecule has 1 aliphatic rings. The summed E-state index contributed by atoms with van der Waals surface area (Å²) in [7, 11) is -0.443. The van der Waals surface area contributed by atoms with Crippen LogP contribution in [0.1, 0.15) is 19.3 Å². The van der Waals surface area contributed by atoms with Gasteiger partial charge in [-0.2, -0.15) is 0 Å². The highest BCUT2D eigenvalue weighted by atomic mass is 32.2. The van der Waals surface area contributed by atoms with Crippen molar-refractivity contribution >= 4 is 15.7 Å². The fraction of sp³-hybridized carbons (Fsp3) is 0.571. The lowest BCUT2D eigenvalue weighted by molar-refractivity contribution is 0.173. The molecule has 1 fully saturated rings. The van der Waals surface area contributed by atoms with Gasteiger partial charge in [0.15, 0.2) is 0 Å². The molecule has 1 aromatic carbocycles. The Hall–Kier alpha value is -1.31. The van der Waals surface area contributed by atoms with Crippen LogP contribution in [-0.2, 0) is 14.8 Å². The Balaban J connectivity index is 2.05. The number of nitrogens with one attached hydrogen (secondary N) is 1. The van der Waals surface area contributed by atoms with Gasteiger partial charge in [-0.1, -0.05) is 0 Å². The summed E-state index contributed by atoms with van der Waals surface area (Å²) in [6.07, 6.45) is 2.94. The van der Waals surface area contributed by atoms with Crippen LogP contribution in [0.5, 0.6) is 5.75 Å². The van der Waals surface area contributed by atoms with E-state index in [4.69, 9.17) is 15.2 Å². The first-order valence-electron chi connectivity index (χ1n) is 6.85. The minimum atomic E-state index is -3.55. The smallest absolute Gasteiger partial charge is 0.240 e. The normalized spacial score (nSPS) is 16.7. The molecule has 0 spiro atoms. The van der Waals surface area contributed by atoms with E-state index in [1.165, 1.54) is 25.3 Å². The third-order valence-corrected chi connectivity index (χ3v) is 5.34. The number of anilines is 1. The molecule has 0 atom stereocenters. The zero-order chi connectivity index (χ0) is 15.5. The van der Waals surface area contributed by atoms with Crippen molar-refractivity contribution in [2.24, 2.45) is 5.41 Å². The predicted octanol–water partition coefficient (Wildman–Crippen LogP) is 1.37. The summed E-state index contributed by atoms with van der Waals surface area (Å²) in [5.74, 6) is 0.360. The first-order valence-corrected chi connectivity index (χ1v) is 8.33. The summed E-state index contributed by atoms with van der Waals surface area (Å²) < 4.78 is 37.4. The molecule has 0 saturated heterocycles. The van der Waals surface area contributed by atoms with Gasteiger partial charge in [0.05, 0.1) is 17.7 Å². The Morgan fingerprint density at radius 3 is 2.62 bits per heavy atom. The number of rotatable bonds is 8. The van der Waals surface area contributed by atoms with Gasteiger partial charge in [-0.3, -0.25) is 0 Å². The molecule has 118 valence electrons. The van der Waals surface area contributed by atoms with Crippen LogP contribution in [0, 0.1) is 5.41 Å². The number of nitrogens with two attached hydrogens (primary N) is 1. The maximum atomic E-state index is 12.3. The number of hydrogen-bond acceptors (Lipinski definition) is 5. The molecule has 0 bridgehead atoms. The molecule has 3 N–H and O–H groups in total. The van der Waals surface area contributed by atoms with Crippen LogP contribution in [0.15, 0.2) is 23.1 Å². The van der Waals surface area contributed by atoms with Crippen LogP contribution in [0.2, 0.25) is 0 Å². The lowest BCUT2D eigenvalue weighted by atomic mass is 10.0. The molecule has 0 heterocycles. The molecule has 1 aliphatic carbocycles. The van der Waals surface area contributed by atoms with Crippen molar-refractivity contribution in [2.45, 2.75) is 24.2 Å². The number of benzene rings is 1. The molecule has 21 heavy (non-hydrogen) atoms. The first-order chi connectivity index (χ1) is 9.92. The molecular formula is C14H22N2O4S. The predicted molar refractivity (Wildman–Crippen MR) is 80.8 cm³/mol. The number of sulfonamides is 1. The summed E-state index contributed by atoms with van der Waals surface area (Å²) in [5.41, 5.74) is 6.17. The summed E-state index contributed by atoms with van der Waals surface area (Å²) in [5, 5.41) is 0. The van der Waals surface area contributed by atoms with Gasteiger partial charge in [0.25, 0.3) is 0 Å². The molecule has 0 aliphatic heterocycles. The molecule has 0 aromatic heterocycles. The lowest BCUT2D eigenvalue weighted by Gasteiger charge is -2.16. The van der Waals surface area contributed by atoms with Crippen LogP contribution in [0.25, 0.3) is 0 Å². The number of hydrogen-bond donors (Lipinski definition) is 2. The van der Waals surface area contributed by atoms with Gasteiger partial charge in [0, 0.05) is 26.3 Å². The number of methoxy groups -OCH3 is 2. The number of ether oxygens (including phenoxy) is 2. The van der Waals surface area contributed by atoms with E-state index < -0.39 is 10.0 Å². The van der Waals surface area contributed by atoms with Gasteiger partial charge in [0.1, 0.15) is 5.75 Å². The second-order valence-corrected chi connectivity index (χ2v) is 7.24. The van der Waals surface area contributed by atoms with E-state index in [-0.39, 0.29) is 10.3 Å². The molecule has 2 rings (SSSR count). The van der Waals surface area contributed by atoms with Gasteiger partial charge in [-0.15, -0.1) is 0 Å². The van der Waals surface area contributed by atoms with Gasteiger partial charge in [-0.25, -0.2) is 13.1 Å². The van der Waals surface area contributed by atoms with E-state index >= 15 is 0 Å². The highest BCUT2D eigenvalue weighted by molar-refractivity contribution is 7.89. The average molecular weight is 314 g/mol. The molecule has 6 nitrogen and oxygen atoms in total. The monoisotopic (exact) mass is 314 g/mol. The third-order valence-electron chi connectivity index (χ3n) is 3.95. The zero-order valence-corrected chi connectivity index (χ0v) is 13.2. The van der Waals surface area contributed by atoms with Gasteiger partial charge < -0.3 is 15.2 Å². The van der Waals surface area contributed by atoms with Crippen molar-refractivity contribution in [2.75, 3.05) is 33.1 Å². The fourth-order valence-corrected chi connectivity index (χ4v) is 3.37. The largest absolute Gasteiger partial charge is 0.495 e. The van der Waals surface area contributed by atoms with E-state index in [1.807, 2.05) is 0 Å². The van der Waals surface area contributed by atoms with Crippen molar-refractivity contribution < 1.29 is 17.9 Å². The maximum Gasteiger partial charge on any atom is 0.240 e. The van der Waals surface area contributed by atoms with Crippen LogP contribution < -0.4 is 15.2 Å². The zero-order valence-electron chi connectivity index (χ0n) is 12.4. The van der Waals surface area contributed by atoms with E-state index in [0.29, 0.717) is 24.6 Å². The number of nitrogen functional groups attached to an aromatic ring is 1. The van der Waals surface area contributed by atoms with E-state index in [0.717, 1.165) is 19.3 Å². The van der Waals surface area contributed by atoms with Crippen molar-refractivity contribution in [1.29, 1.82) is 0 Å². The fourth-order valence-electron chi connectivity index (χ4n) is 2.20. The molecule has 1 saturated carbocycles. The van der Waals surface area contributed by atoms with E-state index in [1.54, 1.807) is 7.11 Å². The molecule has 0 unspecified atom stereocenters. The van der Waals surface area contributed by atoms with Gasteiger partial charge in [0.2, 0.25) is 10.0 Å². The molecule has 7 heteroatoms. The summed E-state index contributed by atoms with van der Waals surface area (Å²) in [4.78, 5) is 0.163. The Labute approximate surface area is 125 Å². The highest BCUT2D eigenvalue weighted by Crippen LogP contribution is 2.48. The summed E-state index contributed by atoms with van der Waals surface area (Å²) >= 11 is 0. The lowest BCUT2D eigenvalue weighted by Crippen LogP contribution is -2.31. The molecule has 0 amide bonds. The molecule has 1 aromatic rings.